The van der Waals surface area contributed by atoms with E-state index in [2.05, 4.69) is 9.97 Å². The lowest BCUT2D eigenvalue weighted by atomic mass is 10.0. The smallest absolute Gasteiger partial charge is 0.326 e. The molecular formula is C16H16N4O4. The number of β-amino-alcohol motifs (C(OH)–C–C–N with tert-alkyl or cyclic N) is 1. The third-order valence-electron chi connectivity index (χ3n) is 4.44. The number of nitrogens with one attached hydrogen (secondary N) is 1. The number of oxazole rings is 1. The zero-order valence-corrected chi connectivity index (χ0v) is 13.0. The molecule has 3 aromatic rings. The van der Waals surface area contributed by atoms with Gasteiger partial charge in [-0.15, -0.1) is 0 Å². The first-order valence-corrected chi connectivity index (χ1v) is 7.65. The Morgan fingerprint density at radius 1 is 1.46 bits per heavy atom. The molecule has 0 unspecified atom stereocenters. The number of carbonyl (C=O) groups excluding carboxylic acids is 1. The molecule has 24 heavy (non-hydrogen) atoms. The first-order valence-electron chi connectivity index (χ1n) is 7.65. The summed E-state index contributed by atoms with van der Waals surface area (Å²) in [5.74, 6) is -0.00648. The molecular weight excluding hydrogens is 312 g/mol. The van der Waals surface area contributed by atoms with Gasteiger partial charge in [0.15, 0.2) is 5.69 Å². The van der Waals surface area contributed by atoms with Crippen LogP contribution in [-0.2, 0) is 6.54 Å². The number of benzene rings is 1. The minimum atomic E-state index is -0.495. The largest absolute Gasteiger partial charge is 0.446 e. The zero-order chi connectivity index (χ0) is 16.8. The van der Waals surface area contributed by atoms with Crippen LogP contribution in [0, 0.1) is 0 Å². The van der Waals surface area contributed by atoms with Crippen molar-refractivity contribution in [1.82, 2.24) is 19.4 Å². The first-order chi connectivity index (χ1) is 11.5. The first kappa shape index (κ1) is 14.7. The Kier molecular flexibility index (Phi) is 3.27. The molecule has 0 radical (unpaired) electrons. The van der Waals surface area contributed by atoms with Gasteiger partial charge in [0.2, 0.25) is 5.89 Å². The van der Waals surface area contributed by atoms with Gasteiger partial charge in [-0.05, 0) is 19.1 Å². The van der Waals surface area contributed by atoms with Gasteiger partial charge in [0.1, 0.15) is 12.8 Å². The molecule has 1 aromatic carbocycles. The van der Waals surface area contributed by atoms with Crippen molar-refractivity contribution < 1.29 is 14.3 Å². The summed E-state index contributed by atoms with van der Waals surface area (Å²) >= 11 is 0. The van der Waals surface area contributed by atoms with Crippen LogP contribution < -0.4 is 5.69 Å². The molecule has 2 aromatic heterocycles. The highest BCUT2D eigenvalue weighted by molar-refractivity contribution is 5.92. The Balaban J connectivity index is 1.58. The Morgan fingerprint density at radius 2 is 2.25 bits per heavy atom. The molecule has 4 rings (SSSR count). The van der Waals surface area contributed by atoms with Crippen molar-refractivity contribution in [1.29, 1.82) is 0 Å². The Morgan fingerprint density at radius 3 is 3.00 bits per heavy atom. The van der Waals surface area contributed by atoms with E-state index in [9.17, 15) is 14.7 Å². The van der Waals surface area contributed by atoms with Crippen LogP contribution in [0.5, 0.6) is 0 Å². The number of H-pyrrole nitrogens is 1. The van der Waals surface area contributed by atoms with Crippen LogP contribution in [0.2, 0.25) is 0 Å². The fraction of sp³-hybridized carbons (Fsp3) is 0.312. The second-order valence-corrected chi connectivity index (χ2v) is 5.93. The van der Waals surface area contributed by atoms with Crippen molar-refractivity contribution >= 4 is 16.9 Å². The Hall–Kier alpha value is -2.87. The number of aromatic nitrogens is 3. The number of rotatable bonds is 3. The van der Waals surface area contributed by atoms with Crippen molar-refractivity contribution in [3.05, 3.63) is 52.6 Å². The van der Waals surface area contributed by atoms with E-state index >= 15 is 0 Å². The zero-order valence-electron chi connectivity index (χ0n) is 13.0. The van der Waals surface area contributed by atoms with Gasteiger partial charge in [-0.1, -0.05) is 12.1 Å². The van der Waals surface area contributed by atoms with Crippen LogP contribution in [0.4, 0.5) is 0 Å². The van der Waals surface area contributed by atoms with Gasteiger partial charge < -0.3 is 19.4 Å². The number of aliphatic hydroxyl groups is 1. The highest BCUT2D eigenvalue weighted by Crippen LogP contribution is 2.20. The number of hydrogen-bond donors (Lipinski definition) is 2. The number of fused-ring (bicyclic) bond motifs is 1. The summed E-state index contributed by atoms with van der Waals surface area (Å²) in [5, 5.41) is 9.51. The molecule has 1 fully saturated rings. The third kappa shape index (κ3) is 2.23. The van der Waals surface area contributed by atoms with E-state index in [1.165, 1.54) is 15.7 Å². The predicted molar refractivity (Wildman–Crippen MR) is 84.7 cm³/mol. The van der Waals surface area contributed by atoms with Crippen molar-refractivity contribution in [2.45, 2.75) is 25.6 Å². The fourth-order valence-corrected chi connectivity index (χ4v) is 2.89. The van der Waals surface area contributed by atoms with Crippen molar-refractivity contribution in [2.75, 3.05) is 6.54 Å². The molecule has 0 spiro atoms. The Labute approximate surface area is 136 Å². The summed E-state index contributed by atoms with van der Waals surface area (Å²) in [6.07, 6.45) is 0.791. The molecule has 124 valence electrons. The number of carbonyl (C=O) groups is 1. The maximum atomic E-state index is 12.3. The number of para-hydroxylation sites is 2. The van der Waals surface area contributed by atoms with Crippen LogP contribution in [0.3, 0.4) is 0 Å². The topological polar surface area (TPSA) is 104 Å². The van der Waals surface area contributed by atoms with Gasteiger partial charge in [-0.25, -0.2) is 9.78 Å². The van der Waals surface area contributed by atoms with Crippen LogP contribution >= 0.6 is 0 Å². The highest BCUT2D eigenvalue weighted by Gasteiger charge is 2.38. The summed E-state index contributed by atoms with van der Waals surface area (Å²) < 4.78 is 6.85. The summed E-state index contributed by atoms with van der Waals surface area (Å²) in [4.78, 5) is 32.8. The van der Waals surface area contributed by atoms with E-state index in [1.54, 1.807) is 6.92 Å². The van der Waals surface area contributed by atoms with Crippen LogP contribution in [0.1, 0.15) is 23.3 Å². The molecule has 2 N–H and O–H groups in total. The van der Waals surface area contributed by atoms with Crippen molar-refractivity contribution in [2.24, 2.45) is 0 Å². The number of hydrogen-bond acceptors (Lipinski definition) is 5. The summed E-state index contributed by atoms with van der Waals surface area (Å²) in [6, 6.07) is 7.09. The van der Waals surface area contributed by atoms with Crippen molar-refractivity contribution in [3.8, 4) is 0 Å². The normalized spacial score (nSPS) is 20.3. The average molecular weight is 328 g/mol. The van der Waals surface area contributed by atoms with Crippen LogP contribution in [0.25, 0.3) is 11.0 Å². The molecule has 1 saturated heterocycles. The van der Waals surface area contributed by atoms with Crippen LogP contribution in [-0.4, -0.2) is 49.1 Å². The van der Waals surface area contributed by atoms with Gasteiger partial charge in [0, 0.05) is 6.54 Å². The Bertz CT molecular complexity index is 970. The minimum absolute atomic E-state index is 0.133. The van der Waals surface area contributed by atoms with Gasteiger partial charge in [-0.3, -0.25) is 9.36 Å². The number of aromatic amines is 1. The number of amides is 1. The van der Waals surface area contributed by atoms with E-state index in [0.717, 1.165) is 11.0 Å². The third-order valence-corrected chi connectivity index (χ3v) is 4.44. The number of imidazole rings is 1. The lowest BCUT2D eigenvalue weighted by Gasteiger charge is -2.42. The molecule has 8 nitrogen and oxygen atoms in total. The van der Waals surface area contributed by atoms with Gasteiger partial charge in [-0.2, -0.15) is 0 Å². The van der Waals surface area contributed by atoms with E-state index in [1.807, 2.05) is 24.3 Å². The number of nitrogens with zero attached hydrogens (tertiary/aromatic N) is 3. The molecule has 0 bridgehead atoms. The van der Waals surface area contributed by atoms with E-state index < -0.39 is 6.10 Å². The molecule has 1 aliphatic heterocycles. The molecule has 1 amide bonds. The monoisotopic (exact) mass is 328 g/mol. The van der Waals surface area contributed by atoms with Gasteiger partial charge in [0.25, 0.3) is 5.91 Å². The average Bonchev–Trinajstić information content (AvgIpc) is 3.17. The van der Waals surface area contributed by atoms with E-state index in [-0.39, 0.29) is 35.8 Å². The summed E-state index contributed by atoms with van der Waals surface area (Å²) in [7, 11) is 0. The lowest BCUT2D eigenvalue weighted by molar-refractivity contribution is -0.0360. The van der Waals surface area contributed by atoms with Gasteiger partial charge in [0.05, 0.1) is 23.2 Å². The molecule has 8 heteroatoms. The fourth-order valence-electron chi connectivity index (χ4n) is 2.89. The number of aliphatic hydroxyl groups excluding tert-OH is 1. The maximum absolute atomic E-state index is 12.3. The summed E-state index contributed by atoms with van der Waals surface area (Å²) in [5.41, 5.74) is 1.39. The predicted octanol–water partition coefficient (Wildman–Crippen LogP) is 0.571. The minimum Gasteiger partial charge on any atom is -0.446 e. The quantitative estimate of drug-likeness (QED) is 0.731. The van der Waals surface area contributed by atoms with E-state index in [4.69, 9.17) is 4.42 Å². The second-order valence-electron chi connectivity index (χ2n) is 5.93. The summed E-state index contributed by atoms with van der Waals surface area (Å²) in [6.45, 7) is 2.21. The van der Waals surface area contributed by atoms with Crippen molar-refractivity contribution in [3.63, 3.8) is 0 Å². The number of likely N-dealkylation sites (tertiary alicyclic amines) is 1. The molecule has 1 aliphatic rings. The van der Waals surface area contributed by atoms with Crippen LogP contribution in [0.15, 0.2) is 39.7 Å². The molecule has 0 saturated carbocycles. The van der Waals surface area contributed by atoms with E-state index in [0.29, 0.717) is 6.54 Å². The molecule has 0 aliphatic carbocycles. The highest BCUT2D eigenvalue weighted by atomic mass is 16.3. The molecule has 3 heterocycles. The van der Waals surface area contributed by atoms with Gasteiger partial charge >= 0.3 is 5.69 Å². The lowest BCUT2D eigenvalue weighted by Crippen LogP contribution is -2.60. The second kappa shape index (κ2) is 5.34. The standard InChI is InChI=1S/C16H16N4O4/c1-9-13(21)6-19(9)15(22)11-8-24-14(17-11)7-20-12-5-3-2-4-10(12)18-16(20)23/h2-5,8-9,13,21H,6-7H2,1H3,(H,18,23)/t9-,13-/m0/s1. The maximum Gasteiger partial charge on any atom is 0.326 e. The molecule has 2 atom stereocenters. The SMILES string of the molecule is C[C@H]1[C@@H](O)CN1C(=O)c1coc(Cn2c(=O)[nH]c3ccccc32)n1.